The third kappa shape index (κ3) is 6.92. The second kappa shape index (κ2) is 9.13. The van der Waals surface area contributed by atoms with Crippen LogP contribution in [-0.2, 0) is 16.0 Å². The van der Waals surface area contributed by atoms with Crippen molar-refractivity contribution >= 4 is 11.9 Å². The van der Waals surface area contributed by atoms with Gasteiger partial charge in [0.15, 0.2) is 0 Å². The lowest BCUT2D eigenvalue weighted by molar-refractivity contribution is -0.137. The second-order valence-electron chi connectivity index (χ2n) is 5.01. The lowest BCUT2D eigenvalue weighted by Crippen LogP contribution is -2.27. The molecule has 1 N–H and O–H groups in total. The highest BCUT2D eigenvalue weighted by molar-refractivity contribution is 5.75. The van der Waals surface area contributed by atoms with E-state index in [2.05, 4.69) is 12.1 Å². The molecule has 0 unspecified atom stereocenters. The molecule has 0 saturated heterocycles. The highest BCUT2D eigenvalue weighted by atomic mass is 16.4. The summed E-state index contributed by atoms with van der Waals surface area (Å²) in [5.74, 6) is -0.697. The molecule has 0 spiro atoms. The van der Waals surface area contributed by atoms with Crippen molar-refractivity contribution in [3.63, 3.8) is 0 Å². The van der Waals surface area contributed by atoms with E-state index in [9.17, 15) is 9.59 Å². The molecular weight excluding hydrogens is 254 g/mol. The zero-order valence-electron chi connectivity index (χ0n) is 12.0. The summed E-state index contributed by atoms with van der Waals surface area (Å²) in [6.07, 6.45) is 3.71. The molecule has 20 heavy (non-hydrogen) atoms. The van der Waals surface area contributed by atoms with Gasteiger partial charge in [0, 0.05) is 26.4 Å². The Morgan fingerprint density at radius 2 is 1.70 bits per heavy atom. The molecule has 4 nitrogen and oxygen atoms in total. The minimum absolute atomic E-state index is 0.100. The van der Waals surface area contributed by atoms with E-state index >= 15 is 0 Å². The standard InChI is InChI=1S/C16H23NO3/c1-17(15(18)11-5-6-12-16(19)20)13-7-10-14-8-3-2-4-9-14/h2-4,8-9H,5-7,10-13H2,1H3,(H,19,20). The van der Waals surface area contributed by atoms with Crippen LogP contribution in [0, 0.1) is 0 Å². The first-order valence-corrected chi connectivity index (χ1v) is 7.09. The molecule has 0 bridgehead atoms. The fourth-order valence-corrected chi connectivity index (χ4v) is 2.03. The van der Waals surface area contributed by atoms with E-state index in [0.29, 0.717) is 19.3 Å². The molecule has 0 atom stereocenters. The number of carboxylic acids is 1. The summed E-state index contributed by atoms with van der Waals surface area (Å²) in [5, 5.41) is 8.52. The summed E-state index contributed by atoms with van der Waals surface area (Å²) in [5.41, 5.74) is 1.29. The summed E-state index contributed by atoms with van der Waals surface area (Å²) in [4.78, 5) is 23.9. The number of amides is 1. The molecule has 0 saturated carbocycles. The first kappa shape index (κ1) is 16.2. The Labute approximate surface area is 120 Å². The van der Waals surface area contributed by atoms with Crippen LogP contribution in [-0.4, -0.2) is 35.5 Å². The third-order valence-corrected chi connectivity index (χ3v) is 3.26. The number of carbonyl (C=O) groups is 2. The zero-order chi connectivity index (χ0) is 14.8. The van der Waals surface area contributed by atoms with E-state index in [-0.39, 0.29) is 12.3 Å². The van der Waals surface area contributed by atoms with Crippen molar-refractivity contribution in [2.75, 3.05) is 13.6 Å². The first-order chi connectivity index (χ1) is 9.59. The molecule has 0 fully saturated rings. The average molecular weight is 277 g/mol. The van der Waals surface area contributed by atoms with Crippen molar-refractivity contribution in [2.24, 2.45) is 0 Å². The molecule has 0 heterocycles. The molecule has 0 aliphatic carbocycles. The van der Waals surface area contributed by atoms with Crippen molar-refractivity contribution in [2.45, 2.75) is 38.5 Å². The molecule has 1 rings (SSSR count). The van der Waals surface area contributed by atoms with Gasteiger partial charge in [0.2, 0.25) is 5.91 Å². The van der Waals surface area contributed by atoms with E-state index in [1.165, 1.54) is 5.56 Å². The maximum Gasteiger partial charge on any atom is 0.303 e. The minimum atomic E-state index is -0.798. The van der Waals surface area contributed by atoms with Crippen LogP contribution in [0.3, 0.4) is 0 Å². The molecule has 110 valence electrons. The van der Waals surface area contributed by atoms with Gasteiger partial charge in [-0.3, -0.25) is 9.59 Å². The molecule has 1 amide bonds. The van der Waals surface area contributed by atoms with Gasteiger partial charge >= 0.3 is 5.97 Å². The number of carbonyl (C=O) groups excluding carboxylic acids is 1. The monoisotopic (exact) mass is 277 g/mol. The average Bonchev–Trinajstić information content (AvgIpc) is 2.44. The molecule has 0 radical (unpaired) electrons. The van der Waals surface area contributed by atoms with Crippen LogP contribution in [0.1, 0.15) is 37.7 Å². The predicted octanol–water partition coefficient (Wildman–Crippen LogP) is 2.72. The van der Waals surface area contributed by atoms with Gasteiger partial charge in [0.25, 0.3) is 0 Å². The van der Waals surface area contributed by atoms with Gasteiger partial charge in [-0.05, 0) is 31.2 Å². The van der Waals surface area contributed by atoms with Gasteiger partial charge in [-0.25, -0.2) is 0 Å². The Kier molecular flexibility index (Phi) is 7.40. The van der Waals surface area contributed by atoms with Gasteiger partial charge in [-0.2, -0.15) is 0 Å². The lowest BCUT2D eigenvalue weighted by atomic mass is 10.1. The van der Waals surface area contributed by atoms with E-state index in [1.807, 2.05) is 25.2 Å². The maximum absolute atomic E-state index is 11.8. The van der Waals surface area contributed by atoms with E-state index < -0.39 is 5.97 Å². The predicted molar refractivity (Wildman–Crippen MR) is 78.5 cm³/mol. The molecule has 4 heteroatoms. The number of rotatable bonds is 9. The smallest absolute Gasteiger partial charge is 0.303 e. The lowest BCUT2D eigenvalue weighted by Gasteiger charge is -2.17. The largest absolute Gasteiger partial charge is 0.481 e. The van der Waals surface area contributed by atoms with Gasteiger partial charge < -0.3 is 10.0 Å². The normalized spacial score (nSPS) is 10.2. The van der Waals surface area contributed by atoms with Crippen molar-refractivity contribution in [1.82, 2.24) is 4.90 Å². The van der Waals surface area contributed by atoms with Crippen LogP contribution >= 0.6 is 0 Å². The summed E-state index contributed by atoms with van der Waals surface area (Å²) >= 11 is 0. The van der Waals surface area contributed by atoms with Gasteiger partial charge in [-0.1, -0.05) is 30.3 Å². The topological polar surface area (TPSA) is 57.6 Å². The van der Waals surface area contributed by atoms with Crippen LogP contribution < -0.4 is 0 Å². The minimum Gasteiger partial charge on any atom is -0.481 e. The van der Waals surface area contributed by atoms with Crippen molar-refractivity contribution in [3.8, 4) is 0 Å². The number of carboxylic acid groups (broad SMARTS) is 1. The Balaban J connectivity index is 2.13. The zero-order valence-corrected chi connectivity index (χ0v) is 12.0. The Morgan fingerprint density at radius 1 is 1.05 bits per heavy atom. The fourth-order valence-electron chi connectivity index (χ4n) is 2.03. The Bertz CT molecular complexity index is 417. The number of unbranched alkanes of at least 4 members (excludes halogenated alkanes) is 1. The summed E-state index contributed by atoms with van der Waals surface area (Å²) in [6.45, 7) is 0.743. The van der Waals surface area contributed by atoms with Crippen LogP contribution in [0.4, 0.5) is 0 Å². The number of nitrogens with zero attached hydrogens (tertiary/aromatic N) is 1. The van der Waals surface area contributed by atoms with Crippen LogP contribution in [0.5, 0.6) is 0 Å². The fraction of sp³-hybridized carbons (Fsp3) is 0.500. The van der Waals surface area contributed by atoms with E-state index in [1.54, 1.807) is 4.90 Å². The van der Waals surface area contributed by atoms with Crippen molar-refractivity contribution in [3.05, 3.63) is 35.9 Å². The van der Waals surface area contributed by atoms with Crippen LogP contribution in [0.15, 0.2) is 30.3 Å². The van der Waals surface area contributed by atoms with Crippen molar-refractivity contribution in [1.29, 1.82) is 0 Å². The highest BCUT2D eigenvalue weighted by Crippen LogP contribution is 2.06. The maximum atomic E-state index is 11.8. The van der Waals surface area contributed by atoms with Gasteiger partial charge in [0.05, 0.1) is 0 Å². The number of hydrogen-bond donors (Lipinski definition) is 1. The number of hydrogen-bond acceptors (Lipinski definition) is 2. The SMILES string of the molecule is CN(CCCc1ccccc1)C(=O)CCCCC(=O)O. The van der Waals surface area contributed by atoms with E-state index in [0.717, 1.165) is 19.4 Å². The Hall–Kier alpha value is -1.84. The number of benzene rings is 1. The molecule has 1 aromatic carbocycles. The molecule has 0 aromatic heterocycles. The van der Waals surface area contributed by atoms with Gasteiger partial charge in [0.1, 0.15) is 0 Å². The molecule has 1 aromatic rings. The van der Waals surface area contributed by atoms with Crippen LogP contribution in [0.25, 0.3) is 0 Å². The van der Waals surface area contributed by atoms with Crippen molar-refractivity contribution < 1.29 is 14.7 Å². The van der Waals surface area contributed by atoms with Gasteiger partial charge in [-0.15, -0.1) is 0 Å². The number of aryl methyl sites for hydroxylation is 1. The summed E-state index contributed by atoms with van der Waals surface area (Å²) in [6, 6.07) is 10.2. The number of aliphatic carboxylic acids is 1. The quantitative estimate of drug-likeness (QED) is 0.706. The molecule has 0 aliphatic heterocycles. The Morgan fingerprint density at radius 3 is 2.35 bits per heavy atom. The first-order valence-electron chi connectivity index (χ1n) is 7.09. The molecule has 0 aliphatic rings. The summed E-state index contributed by atoms with van der Waals surface area (Å²) in [7, 11) is 1.81. The second-order valence-corrected chi connectivity index (χ2v) is 5.01. The third-order valence-electron chi connectivity index (χ3n) is 3.26. The van der Waals surface area contributed by atoms with Crippen LogP contribution in [0.2, 0.25) is 0 Å². The van der Waals surface area contributed by atoms with E-state index in [4.69, 9.17) is 5.11 Å². The summed E-state index contributed by atoms with van der Waals surface area (Å²) < 4.78 is 0. The molecular formula is C16H23NO3. The highest BCUT2D eigenvalue weighted by Gasteiger charge is 2.08.